The normalized spacial score (nSPS) is 10.6. The number of aryl methyl sites for hydroxylation is 1. The van der Waals surface area contributed by atoms with Gasteiger partial charge in [0.25, 0.3) is 0 Å². The molecule has 0 fully saturated rings. The maximum atomic E-state index is 12.2. The van der Waals surface area contributed by atoms with E-state index in [0.717, 1.165) is 18.4 Å². The maximum Gasteiger partial charge on any atom is 0.246 e. The first kappa shape index (κ1) is 16.8. The minimum atomic E-state index is 0.0691. The summed E-state index contributed by atoms with van der Waals surface area (Å²) in [6.07, 6.45) is 5.56. The van der Waals surface area contributed by atoms with Crippen molar-refractivity contribution < 1.29 is 9.32 Å². The average molecular weight is 336 g/mol. The van der Waals surface area contributed by atoms with Crippen LogP contribution in [-0.2, 0) is 17.8 Å². The molecule has 25 heavy (non-hydrogen) atoms. The number of pyridine rings is 1. The minimum absolute atomic E-state index is 0.0691. The van der Waals surface area contributed by atoms with Crippen LogP contribution in [0.4, 0.5) is 0 Å². The molecule has 0 N–H and O–H groups in total. The molecule has 6 nitrogen and oxygen atoms in total. The molecule has 0 spiro atoms. The Kier molecular flexibility index (Phi) is 5.51. The van der Waals surface area contributed by atoms with Crippen molar-refractivity contribution in [2.45, 2.75) is 25.8 Å². The van der Waals surface area contributed by atoms with Gasteiger partial charge in [0.05, 0.1) is 6.54 Å². The molecule has 3 rings (SSSR count). The number of nitrogens with zero attached hydrogens (tertiary/aromatic N) is 4. The SMILES string of the molecule is CN(Cc1nc(-c2ccncc2)no1)C(=O)CCCc1ccccc1. The molecule has 3 aromatic rings. The summed E-state index contributed by atoms with van der Waals surface area (Å²) < 4.78 is 5.24. The lowest BCUT2D eigenvalue weighted by atomic mass is 10.1. The van der Waals surface area contributed by atoms with Crippen molar-refractivity contribution in [1.82, 2.24) is 20.0 Å². The van der Waals surface area contributed by atoms with Crippen LogP contribution in [0.2, 0.25) is 0 Å². The summed E-state index contributed by atoms with van der Waals surface area (Å²) >= 11 is 0. The van der Waals surface area contributed by atoms with Gasteiger partial charge in [-0.2, -0.15) is 4.98 Å². The molecule has 1 amide bonds. The predicted octanol–water partition coefficient (Wildman–Crippen LogP) is 3.11. The Balaban J connectivity index is 1.49. The van der Waals surface area contributed by atoms with Crippen LogP contribution in [0, 0.1) is 0 Å². The summed E-state index contributed by atoms with van der Waals surface area (Å²) in [4.78, 5) is 22.2. The van der Waals surface area contributed by atoms with Crippen LogP contribution >= 0.6 is 0 Å². The summed E-state index contributed by atoms with van der Waals surface area (Å²) in [5.41, 5.74) is 2.08. The third kappa shape index (κ3) is 4.73. The third-order valence-electron chi connectivity index (χ3n) is 3.90. The Hall–Kier alpha value is -3.02. The van der Waals surface area contributed by atoms with Crippen LogP contribution in [0.3, 0.4) is 0 Å². The molecule has 0 bridgehead atoms. The zero-order chi connectivity index (χ0) is 17.5. The van der Waals surface area contributed by atoms with Gasteiger partial charge in [0.15, 0.2) is 0 Å². The van der Waals surface area contributed by atoms with Crippen molar-refractivity contribution >= 4 is 5.91 Å². The molecule has 0 aliphatic rings. The van der Waals surface area contributed by atoms with Gasteiger partial charge < -0.3 is 9.42 Å². The van der Waals surface area contributed by atoms with E-state index in [4.69, 9.17) is 4.52 Å². The number of benzene rings is 1. The summed E-state index contributed by atoms with van der Waals surface area (Å²) in [6, 6.07) is 13.8. The van der Waals surface area contributed by atoms with Gasteiger partial charge in [-0.3, -0.25) is 9.78 Å². The smallest absolute Gasteiger partial charge is 0.246 e. The summed E-state index contributed by atoms with van der Waals surface area (Å²) in [5.74, 6) is 0.993. The van der Waals surface area contributed by atoms with Gasteiger partial charge in [-0.15, -0.1) is 0 Å². The van der Waals surface area contributed by atoms with E-state index in [9.17, 15) is 4.79 Å². The molecule has 1 aromatic carbocycles. The Labute approximate surface area is 146 Å². The average Bonchev–Trinajstić information content (AvgIpc) is 3.12. The fourth-order valence-corrected chi connectivity index (χ4v) is 2.51. The number of hydrogen-bond acceptors (Lipinski definition) is 5. The molecule has 0 saturated carbocycles. The van der Waals surface area contributed by atoms with E-state index in [1.54, 1.807) is 24.3 Å². The monoisotopic (exact) mass is 336 g/mol. The van der Waals surface area contributed by atoms with E-state index in [0.29, 0.717) is 24.7 Å². The van der Waals surface area contributed by atoms with Crippen molar-refractivity contribution in [2.75, 3.05) is 7.05 Å². The fraction of sp³-hybridized carbons (Fsp3) is 0.263. The summed E-state index contributed by atoms with van der Waals surface area (Å²) in [7, 11) is 1.75. The molecule has 0 aliphatic carbocycles. The lowest BCUT2D eigenvalue weighted by Crippen LogP contribution is -2.26. The summed E-state index contributed by atoms with van der Waals surface area (Å²) in [5, 5.41) is 3.95. The van der Waals surface area contributed by atoms with Crippen LogP contribution in [0.25, 0.3) is 11.4 Å². The quantitative estimate of drug-likeness (QED) is 0.663. The Morgan fingerprint density at radius 3 is 2.64 bits per heavy atom. The van der Waals surface area contributed by atoms with E-state index >= 15 is 0 Å². The molecule has 0 atom stereocenters. The number of aromatic nitrogens is 3. The molecule has 0 unspecified atom stereocenters. The van der Waals surface area contributed by atoms with Crippen LogP contribution in [0.15, 0.2) is 59.4 Å². The van der Waals surface area contributed by atoms with Gasteiger partial charge >= 0.3 is 0 Å². The highest BCUT2D eigenvalue weighted by Crippen LogP contribution is 2.15. The van der Waals surface area contributed by atoms with Crippen molar-refractivity contribution in [3.8, 4) is 11.4 Å². The second kappa shape index (κ2) is 8.19. The van der Waals surface area contributed by atoms with Gasteiger partial charge in [-0.1, -0.05) is 35.5 Å². The lowest BCUT2D eigenvalue weighted by Gasteiger charge is -2.14. The van der Waals surface area contributed by atoms with Gasteiger partial charge in [-0.05, 0) is 30.5 Å². The van der Waals surface area contributed by atoms with Gasteiger partial charge in [0.2, 0.25) is 17.6 Å². The number of hydrogen-bond donors (Lipinski definition) is 0. The zero-order valence-electron chi connectivity index (χ0n) is 14.1. The van der Waals surface area contributed by atoms with Crippen LogP contribution in [0.5, 0.6) is 0 Å². The molecule has 128 valence electrons. The number of amides is 1. The van der Waals surface area contributed by atoms with E-state index in [2.05, 4.69) is 27.3 Å². The second-order valence-electron chi connectivity index (χ2n) is 5.84. The van der Waals surface area contributed by atoms with Crippen LogP contribution in [0.1, 0.15) is 24.3 Å². The number of carbonyl (C=O) groups excluding carboxylic acids is 1. The van der Waals surface area contributed by atoms with Gasteiger partial charge in [0, 0.05) is 31.4 Å². The molecule has 0 saturated heterocycles. The lowest BCUT2D eigenvalue weighted by molar-refractivity contribution is -0.130. The van der Waals surface area contributed by atoms with E-state index < -0.39 is 0 Å². The van der Waals surface area contributed by atoms with E-state index in [1.807, 2.05) is 30.3 Å². The maximum absolute atomic E-state index is 12.2. The second-order valence-corrected chi connectivity index (χ2v) is 5.84. The van der Waals surface area contributed by atoms with Gasteiger partial charge in [-0.25, -0.2) is 0 Å². The van der Waals surface area contributed by atoms with Crippen molar-refractivity contribution in [3.05, 3.63) is 66.3 Å². The molecule has 2 aromatic heterocycles. The Morgan fingerprint density at radius 1 is 1.12 bits per heavy atom. The molecule has 0 aliphatic heterocycles. The van der Waals surface area contributed by atoms with E-state index in [1.165, 1.54) is 5.56 Å². The Morgan fingerprint density at radius 2 is 1.88 bits per heavy atom. The fourth-order valence-electron chi connectivity index (χ4n) is 2.51. The predicted molar refractivity (Wildman–Crippen MR) is 93.4 cm³/mol. The molecular weight excluding hydrogens is 316 g/mol. The van der Waals surface area contributed by atoms with Crippen molar-refractivity contribution in [1.29, 1.82) is 0 Å². The molecule has 0 radical (unpaired) electrons. The molecular formula is C19H20N4O2. The number of carbonyl (C=O) groups is 1. The highest BCUT2D eigenvalue weighted by atomic mass is 16.5. The van der Waals surface area contributed by atoms with Crippen molar-refractivity contribution in [2.24, 2.45) is 0 Å². The van der Waals surface area contributed by atoms with Crippen molar-refractivity contribution in [3.63, 3.8) is 0 Å². The molecule has 6 heteroatoms. The largest absolute Gasteiger partial charge is 0.337 e. The molecule has 2 heterocycles. The first-order chi connectivity index (χ1) is 12.2. The van der Waals surface area contributed by atoms with Crippen LogP contribution < -0.4 is 0 Å². The topological polar surface area (TPSA) is 72.1 Å². The first-order valence-corrected chi connectivity index (χ1v) is 8.23. The highest BCUT2D eigenvalue weighted by Gasteiger charge is 2.14. The first-order valence-electron chi connectivity index (χ1n) is 8.23. The van der Waals surface area contributed by atoms with Gasteiger partial charge in [0.1, 0.15) is 0 Å². The summed E-state index contributed by atoms with van der Waals surface area (Å²) in [6.45, 7) is 0.308. The van der Waals surface area contributed by atoms with Crippen LogP contribution in [-0.4, -0.2) is 33.0 Å². The third-order valence-corrected chi connectivity index (χ3v) is 3.90. The zero-order valence-corrected chi connectivity index (χ0v) is 14.1. The number of rotatable bonds is 7. The standard InChI is InChI=1S/C19H20N4O2/c1-23(18(24)9-5-8-15-6-3-2-4-7-15)14-17-21-19(22-25-17)16-10-12-20-13-11-16/h2-4,6-7,10-13H,5,8-9,14H2,1H3. The highest BCUT2D eigenvalue weighted by molar-refractivity contribution is 5.75. The van der Waals surface area contributed by atoms with E-state index in [-0.39, 0.29) is 5.91 Å². The Bertz CT molecular complexity index is 803. The minimum Gasteiger partial charge on any atom is -0.337 e.